The number of nitrogens with two attached hydrogens (primary N) is 1. The van der Waals surface area contributed by atoms with E-state index in [9.17, 15) is 9.59 Å². The lowest BCUT2D eigenvalue weighted by Gasteiger charge is -2.16. The van der Waals surface area contributed by atoms with Gasteiger partial charge in [0.05, 0.1) is 29.6 Å². The monoisotopic (exact) mass is 369 g/mol. The normalized spacial score (nSPS) is 15.9. The van der Waals surface area contributed by atoms with Crippen LogP contribution >= 0.6 is 0 Å². The molecule has 1 aliphatic rings. The second-order valence-corrected chi connectivity index (χ2v) is 6.25. The standard InChI is InChI=1S/C20H23N3O4/c21-20(25)15-7-1-2-8-16(15)23-19(24)12-22-17-9-3-4-10-18(17)27-13-14-6-5-11-26-14/h1-4,7-10,14,22H,5-6,11-13H2,(H2,21,25)(H,23,24). The third kappa shape index (κ3) is 5.21. The number of para-hydroxylation sites is 3. The van der Waals surface area contributed by atoms with Gasteiger partial charge < -0.3 is 25.8 Å². The average Bonchev–Trinajstić information content (AvgIpc) is 3.19. The minimum Gasteiger partial charge on any atom is -0.489 e. The molecule has 4 N–H and O–H groups in total. The molecule has 2 aromatic rings. The molecule has 0 saturated carbocycles. The van der Waals surface area contributed by atoms with Gasteiger partial charge in [-0.15, -0.1) is 0 Å². The van der Waals surface area contributed by atoms with Crippen LogP contribution < -0.4 is 21.1 Å². The van der Waals surface area contributed by atoms with Crippen LogP contribution in [0, 0.1) is 0 Å². The lowest BCUT2D eigenvalue weighted by molar-refractivity contribution is -0.114. The SMILES string of the molecule is NC(=O)c1ccccc1NC(=O)CNc1ccccc1OCC1CCCO1. The summed E-state index contributed by atoms with van der Waals surface area (Å²) in [6, 6.07) is 14.0. The first-order valence-corrected chi connectivity index (χ1v) is 8.89. The highest BCUT2D eigenvalue weighted by Gasteiger charge is 2.17. The van der Waals surface area contributed by atoms with Crippen molar-refractivity contribution in [2.45, 2.75) is 18.9 Å². The van der Waals surface area contributed by atoms with Gasteiger partial charge in [-0.2, -0.15) is 0 Å². The van der Waals surface area contributed by atoms with Crippen molar-refractivity contribution in [1.29, 1.82) is 0 Å². The molecule has 0 spiro atoms. The maximum Gasteiger partial charge on any atom is 0.250 e. The lowest BCUT2D eigenvalue weighted by atomic mass is 10.1. The molecule has 3 rings (SSSR count). The summed E-state index contributed by atoms with van der Waals surface area (Å²) in [5.74, 6) is -0.220. The van der Waals surface area contributed by atoms with Gasteiger partial charge in [-0.3, -0.25) is 9.59 Å². The maximum absolute atomic E-state index is 12.3. The number of primary amides is 1. The first-order chi connectivity index (χ1) is 13.1. The molecule has 1 unspecified atom stereocenters. The number of carbonyl (C=O) groups excluding carboxylic acids is 2. The van der Waals surface area contributed by atoms with E-state index in [-0.39, 0.29) is 24.1 Å². The fraction of sp³-hybridized carbons (Fsp3) is 0.300. The zero-order valence-electron chi connectivity index (χ0n) is 14.9. The minimum absolute atomic E-state index is 0.0212. The summed E-state index contributed by atoms with van der Waals surface area (Å²) in [6.07, 6.45) is 2.17. The number of amides is 2. The number of nitrogens with one attached hydrogen (secondary N) is 2. The molecule has 0 bridgehead atoms. The van der Waals surface area contributed by atoms with E-state index in [0.29, 0.717) is 23.7 Å². The van der Waals surface area contributed by atoms with Crippen LogP contribution in [0.3, 0.4) is 0 Å². The van der Waals surface area contributed by atoms with Crippen molar-refractivity contribution in [2.24, 2.45) is 5.73 Å². The molecular formula is C20H23N3O4. The minimum atomic E-state index is -0.591. The third-order valence-corrected chi connectivity index (χ3v) is 4.24. The van der Waals surface area contributed by atoms with E-state index < -0.39 is 5.91 Å². The first kappa shape index (κ1) is 18.7. The highest BCUT2D eigenvalue weighted by Crippen LogP contribution is 2.25. The van der Waals surface area contributed by atoms with E-state index in [1.54, 1.807) is 24.3 Å². The molecule has 7 heteroatoms. The van der Waals surface area contributed by atoms with Gasteiger partial charge in [0.2, 0.25) is 5.91 Å². The predicted octanol–water partition coefficient (Wildman–Crippen LogP) is 2.39. The van der Waals surface area contributed by atoms with E-state index in [0.717, 1.165) is 19.4 Å². The van der Waals surface area contributed by atoms with E-state index in [4.69, 9.17) is 15.2 Å². The number of benzene rings is 2. The molecule has 1 aliphatic heterocycles. The quantitative estimate of drug-likeness (QED) is 0.663. The number of ether oxygens (including phenoxy) is 2. The Hall–Kier alpha value is -3.06. The van der Waals surface area contributed by atoms with Crippen molar-refractivity contribution in [3.63, 3.8) is 0 Å². The Balaban J connectivity index is 1.56. The van der Waals surface area contributed by atoms with Gasteiger partial charge in [-0.1, -0.05) is 24.3 Å². The topological polar surface area (TPSA) is 103 Å². The number of anilines is 2. The molecule has 0 aliphatic carbocycles. The second-order valence-electron chi connectivity index (χ2n) is 6.25. The fourth-order valence-corrected chi connectivity index (χ4v) is 2.87. The van der Waals surface area contributed by atoms with Crippen LogP contribution in [0.15, 0.2) is 48.5 Å². The lowest BCUT2D eigenvalue weighted by Crippen LogP contribution is -2.24. The van der Waals surface area contributed by atoms with Gasteiger partial charge in [-0.05, 0) is 37.1 Å². The fourth-order valence-electron chi connectivity index (χ4n) is 2.87. The molecule has 142 valence electrons. The van der Waals surface area contributed by atoms with E-state index >= 15 is 0 Å². The number of carbonyl (C=O) groups is 2. The van der Waals surface area contributed by atoms with E-state index in [1.165, 1.54) is 0 Å². The predicted molar refractivity (Wildman–Crippen MR) is 103 cm³/mol. The number of hydrogen-bond donors (Lipinski definition) is 3. The summed E-state index contributed by atoms with van der Waals surface area (Å²) < 4.78 is 11.4. The Morgan fingerprint density at radius 3 is 2.59 bits per heavy atom. The van der Waals surface area contributed by atoms with Gasteiger partial charge in [0.1, 0.15) is 12.4 Å². The van der Waals surface area contributed by atoms with Gasteiger partial charge in [0.15, 0.2) is 0 Å². The van der Waals surface area contributed by atoms with Crippen LogP contribution in [0.4, 0.5) is 11.4 Å². The molecule has 0 radical (unpaired) electrons. The summed E-state index contributed by atoms with van der Waals surface area (Å²) in [7, 11) is 0. The van der Waals surface area contributed by atoms with Crippen LogP contribution in [0.25, 0.3) is 0 Å². The van der Waals surface area contributed by atoms with Crippen LogP contribution in [0.1, 0.15) is 23.2 Å². The highest BCUT2D eigenvalue weighted by atomic mass is 16.5. The molecule has 1 heterocycles. The van der Waals surface area contributed by atoms with Crippen molar-refractivity contribution < 1.29 is 19.1 Å². The summed E-state index contributed by atoms with van der Waals surface area (Å²) >= 11 is 0. The van der Waals surface area contributed by atoms with Gasteiger partial charge in [-0.25, -0.2) is 0 Å². The van der Waals surface area contributed by atoms with Gasteiger partial charge in [0.25, 0.3) is 5.91 Å². The van der Waals surface area contributed by atoms with E-state index in [1.807, 2.05) is 24.3 Å². The van der Waals surface area contributed by atoms with Crippen LogP contribution in [0.2, 0.25) is 0 Å². The van der Waals surface area contributed by atoms with Crippen LogP contribution in [-0.2, 0) is 9.53 Å². The third-order valence-electron chi connectivity index (χ3n) is 4.24. The van der Waals surface area contributed by atoms with Crippen LogP contribution in [-0.4, -0.2) is 37.7 Å². The molecule has 0 aromatic heterocycles. The maximum atomic E-state index is 12.3. The Kier molecular flexibility index (Phi) is 6.27. The smallest absolute Gasteiger partial charge is 0.250 e. The van der Waals surface area contributed by atoms with Crippen molar-refractivity contribution in [2.75, 3.05) is 30.4 Å². The van der Waals surface area contributed by atoms with Crippen molar-refractivity contribution in [1.82, 2.24) is 0 Å². The van der Waals surface area contributed by atoms with Crippen molar-refractivity contribution >= 4 is 23.2 Å². The van der Waals surface area contributed by atoms with Gasteiger partial charge >= 0.3 is 0 Å². The summed E-state index contributed by atoms with van der Waals surface area (Å²) in [5, 5.41) is 5.76. The molecular weight excluding hydrogens is 346 g/mol. The molecule has 2 aromatic carbocycles. The zero-order chi connectivity index (χ0) is 19.1. The van der Waals surface area contributed by atoms with Crippen LogP contribution in [0.5, 0.6) is 5.75 Å². The largest absolute Gasteiger partial charge is 0.489 e. The average molecular weight is 369 g/mol. The highest BCUT2D eigenvalue weighted by molar-refractivity contribution is 6.03. The Morgan fingerprint density at radius 1 is 1.11 bits per heavy atom. The first-order valence-electron chi connectivity index (χ1n) is 8.89. The zero-order valence-corrected chi connectivity index (χ0v) is 14.9. The Bertz CT molecular complexity index is 803. The molecule has 27 heavy (non-hydrogen) atoms. The number of hydrogen-bond acceptors (Lipinski definition) is 5. The summed E-state index contributed by atoms with van der Waals surface area (Å²) in [5.41, 5.74) is 6.70. The van der Waals surface area contributed by atoms with E-state index in [2.05, 4.69) is 10.6 Å². The van der Waals surface area contributed by atoms with Gasteiger partial charge in [0, 0.05) is 6.61 Å². The molecule has 1 fully saturated rings. The number of rotatable bonds is 8. The summed E-state index contributed by atoms with van der Waals surface area (Å²) in [4.78, 5) is 23.7. The Labute approximate surface area is 157 Å². The molecule has 7 nitrogen and oxygen atoms in total. The second kappa shape index (κ2) is 9.05. The molecule has 1 atom stereocenters. The van der Waals surface area contributed by atoms with Crippen molar-refractivity contribution in [3.8, 4) is 5.75 Å². The molecule has 1 saturated heterocycles. The molecule has 2 amide bonds. The Morgan fingerprint density at radius 2 is 1.85 bits per heavy atom. The van der Waals surface area contributed by atoms with Crippen molar-refractivity contribution in [3.05, 3.63) is 54.1 Å². The summed E-state index contributed by atoms with van der Waals surface area (Å²) in [6.45, 7) is 1.28.